The van der Waals surface area contributed by atoms with Gasteiger partial charge in [0.05, 0.1) is 0 Å². The molecule has 1 aliphatic rings. The molecule has 0 fully saturated rings. The summed E-state index contributed by atoms with van der Waals surface area (Å²) < 4.78 is 0. The molecule has 0 saturated carbocycles. The van der Waals surface area contributed by atoms with Gasteiger partial charge in [-0.3, -0.25) is 4.90 Å². The molecule has 0 saturated heterocycles. The molecule has 0 unspecified atom stereocenters. The van der Waals surface area contributed by atoms with Gasteiger partial charge in [-0.15, -0.1) is 11.3 Å². The van der Waals surface area contributed by atoms with E-state index in [4.69, 9.17) is 0 Å². The molecule has 0 aliphatic carbocycles. The molecule has 2 N–H and O–H groups in total. The second kappa shape index (κ2) is 7.46. The Morgan fingerprint density at radius 1 is 1.20 bits per heavy atom. The average molecular weight is 353 g/mol. The number of H-pyrrole nitrogens is 1. The van der Waals surface area contributed by atoms with E-state index in [0.29, 0.717) is 5.75 Å². The zero-order valence-electron chi connectivity index (χ0n) is 14.4. The van der Waals surface area contributed by atoms with Crippen molar-refractivity contribution in [1.82, 2.24) is 9.88 Å². The molecule has 0 amide bonds. The molecule has 25 heavy (non-hydrogen) atoms. The Morgan fingerprint density at radius 3 is 2.96 bits per heavy atom. The Balaban J connectivity index is 1.25. The number of aromatic nitrogens is 1. The first kappa shape index (κ1) is 16.4. The minimum absolute atomic E-state index is 0.343. The summed E-state index contributed by atoms with van der Waals surface area (Å²) >= 11 is 1.84. The summed E-state index contributed by atoms with van der Waals surface area (Å²) in [6.45, 7) is 3.42. The molecule has 3 nitrogen and oxygen atoms in total. The van der Waals surface area contributed by atoms with Gasteiger partial charge >= 0.3 is 0 Å². The van der Waals surface area contributed by atoms with E-state index in [2.05, 4.69) is 39.7 Å². The fourth-order valence-corrected chi connectivity index (χ4v) is 4.42. The lowest BCUT2D eigenvalue weighted by molar-refractivity contribution is 0.295. The van der Waals surface area contributed by atoms with Crippen molar-refractivity contribution in [2.24, 2.45) is 0 Å². The molecule has 0 spiro atoms. The molecule has 3 heterocycles. The molecule has 4 heteroatoms. The van der Waals surface area contributed by atoms with Crippen molar-refractivity contribution in [1.29, 1.82) is 0 Å². The van der Waals surface area contributed by atoms with Crippen LogP contribution in [-0.2, 0) is 6.42 Å². The number of nitrogens with zero attached hydrogens (tertiary/aromatic N) is 1. The number of aromatic hydroxyl groups is 1. The Morgan fingerprint density at radius 2 is 2.16 bits per heavy atom. The van der Waals surface area contributed by atoms with Crippen LogP contribution in [0.1, 0.15) is 29.7 Å². The maximum Gasteiger partial charge on any atom is 0.116 e. The first-order chi connectivity index (χ1) is 12.3. The standard InChI is InChI=1S/C21H24N2OS/c24-18-6-7-20-19(14-18)17(15-22-20)4-1-2-10-23-11-8-16(9-12-23)21-5-3-13-25-21/h3,5-8,13-15,22,24H,1-2,4,9-12H2. The largest absolute Gasteiger partial charge is 0.508 e. The molecule has 0 atom stereocenters. The number of benzene rings is 1. The first-order valence-electron chi connectivity index (χ1n) is 9.04. The number of hydrogen-bond donors (Lipinski definition) is 2. The van der Waals surface area contributed by atoms with Gasteiger partial charge in [0, 0.05) is 35.1 Å². The van der Waals surface area contributed by atoms with Gasteiger partial charge in [-0.25, -0.2) is 0 Å². The van der Waals surface area contributed by atoms with E-state index >= 15 is 0 Å². The smallest absolute Gasteiger partial charge is 0.116 e. The van der Waals surface area contributed by atoms with Crippen LogP contribution in [0, 0.1) is 0 Å². The zero-order valence-corrected chi connectivity index (χ0v) is 15.2. The Kier molecular flexibility index (Phi) is 4.90. The second-order valence-electron chi connectivity index (χ2n) is 6.76. The first-order valence-corrected chi connectivity index (χ1v) is 9.92. The van der Waals surface area contributed by atoms with E-state index in [1.54, 1.807) is 6.07 Å². The fraction of sp³-hybridized carbons (Fsp3) is 0.333. The zero-order chi connectivity index (χ0) is 17.1. The number of hydrogen-bond acceptors (Lipinski definition) is 3. The summed E-state index contributed by atoms with van der Waals surface area (Å²) in [7, 11) is 0. The van der Waals surface area contributed by atoms with Crippen LogP contribution in [0.3, 0.4) is 0 Å². The molecule has 3 aromatic rings. The predicted octanol–water partition coefficient (Wildman–Crippen LogP) is 5.05. The summed E-state index contributed by atoms with van der Waals surface area (Å²) in [6.07, 6.45) is 9.11. The van der Waals surface area contributed by atoms with E-state index in [-0.39, 0.29) is 0 Å². The highest BCUT2D eigenvalue weighted by Gasteiger charge is 2.13. The van der Waals surface area contributed by atoms with Crippen LogP contribution in [0.4, 0.5) is 0 Å². The topological polar surface area (TPSA) is 39.3 Å². The molecule has 1 aliphatic heterocycles. The molecule has 1 aromatic carbocycles. The van der Waals surface area contributed by atoms with E-state index in [9.17, 15) is 5.11 Å². The summed E-state index contributed by atoms with van der Waals surface area (Å²) in [4.78, 5) is 7.28. The summed E-state index contributed by atoms with van der Waals surface area (Å²) in [5.74, 6) is 0.343. The summed E-state index contributed by atoms with van der Waals surface area (Å²) in [5, 5.41) is 13.0. The van der Waals surface area contributed by atoms with E-state index < -0.39 is 0 Å². The Labute approximate surface area is 152 Å². The van der Waals surface area contributed by atoms with Gasteiger partial charge in [0.15, 0.2) is 0 Å². The Hall–Kier alpha value is -2.04. The normalized spacial score (nSPS) is 15.6. The quantitative estimate of drug-likeness (QED) is 0.610. The summed E-state index contributed by atoms with van der Waals surface area (Å²) in [5.41, 5.74) is 3.93. The highest BCUT2D eigenvalue weighted by atomic mass is 32.1. The van der Waals surface area contributed by atoms with Gasteiger partial charge in [-0.1, -0.05) is 12.1 Å². The maximum absolute atomic E-state index is 9.68. The number of rotatable bonds is 6. The number of phenolic OH excluding ortho intramolecular Hbond substituents is 1. The number of unbranched alkanes of at least 4 members (excludes halogenated alkanes) is 1. The lowest BCUT2D eigenvalue weighted by Crippen LogP contribution is -2.29. The van der Waals surface area contributed by atoms with Crippen LogP contribution < -0.4 is 0 Å². The number of aromatic amines is 1. The highest BCUT2D eigenvalue weighted by Crippen LogP contribution is 2.27. The average Bonchev–Trinajstić information content (AvgIpc) is 3.29. The lowest BCUT2D eigenvalue weighted by atomic mass is 10.0. The third-order valence-electron chi connectivity index (χ3n) is 5.05. The van der Waals surface area contributed by atoms with Gasteiger partial charge in [0.1, 0.15) is 5.75 Å². The van der Waals surface area contributed by atoms with Gasteiger partial charge in [0.25, 0.3) is 0 Å². The second-order valence-corrected chi connectivity index (χ2v) is 7.71. The van der Waals surface area contributed by atoms with Crippen LogP contribution in [0.5, 0.6) is 5.75 Å². The minimum Gasteiger partial charge on any atom is -0.508 e. The number of thiophene rings is 1. The molecule has 2 aromatic heterocycles. The maximum atomic E-state index is 9.68. The van der Waals surface area contributed by atoms with Gasteiger partial charge in [0.2, 0.25) is 0 Å². The number of nitrogens with one attached hydrogen (secondary N) is 1. The van der Waals surface area contributed by atoms with Gasteiger partial charge < -0.3 is 10.1 Å². The number of fused-ring (bicyclic) bond motifs is 1. The molecular weight excluding hydrogens is 328 g/mol. The van der Waals surface area contributed by atoms with Crippen LogP contribution in [0.2, 0.25) is 0 Å². The van der Waals surface area contributed by atoms with Crippen molar-refractivity contribution in [2.45, 2.75) is 25.7 Å². The third kappa shape index (κ3) is 3.80. The summed E-state index contributed by atoms with van der Waals surface area (Å²) in [6, 6.07) is 9.90. The SMILES string of the molecule is Oc1ccc2[nH]cc(CCCCN3CC=C(c4cccs4)CC3)c2c1. The van der Waals surface area contributed by atoms with Gasteiger partial charge in [-0.05, 0) is 73.0 Å². The van der Waals surface area contributed by atoms with Crippen molar-refractivity contribution in [3.05, 3.63) is 58.4 Å². The number of aryl methyl sites for hydroxylation is 1. The van der Waals surface area contributed by atoms with Crippen LogP contribution in [0.15, 0.2) is 48.0 Å². The van der Waals surface area contributed by atoms with E-state index in [1.807, 2.05) is 23.5 Å². The monoisotopic (exact) mass is 352 g/mol. The third-order valence-corrected chi connectivity index (χ3v) is 6.00. The van der Waals surface area contributed by atoms with E-state index in [1.165, 1.54) is 48.4 Å². The Bertz CT molecular complexity index is 863. The molecular formula is C21H24N2OS. The van der Waals surface area contributed by atoms with Gasteiger partial charge in [-0.2, -0.15) is 0 Å². The number of phenols is 1. The van der Waals surface area contributed by atoms with Crippen molar-refractivity contribution in [3.63, 3.8) is 0 Å². The molecule has 0 bridgehead atoms. The van der Waals surface area contributed by atoms with Crippen LogP contribution in [-0.4, -0.2) is 34.6 Å². The fourth-order valence-electron chi connectivity index (χ4n) is 3.62. The minimum atomic E-state index is 0.343. The molecule has 4 rings (SSSR count). The lowest BCUT2D eigenvalue weighted by Gasteiger charge is -2.25. The van der Waals surface area contributed by atoms with Crippen molar-refractivity contribution < 1.29 is 5.11 Å². The van der Waals surface area contributed by atoms with Crippen LogP contribution in [0.25, 0.3) is 16.5 Å². The van der Waals surface area contributed by atoms with Crippen molar-refractivity contribution in [2.75, 3.05) is 19.6 Å². The van der Waals surface area contributed by atoms with E-state index in [0.717, 1.165) is 23.9 Å². The molecule has 0 radical (unpaired) electrons. The van der Waals surface area contributed by atoms with Crippen molar-refractivity contribution >= 4 is 27.8 Å². The van der Waals surface area contributed by atoms with Crippen LogP contribution >= 0.6 is 11.3 Å². The predicted molar refractivity (Wildman–Crippen MR) is 106 cm³/mol. The van der Waals surface area contributed by atoms with Crippen molar-refractivity contribution in [3.8, 4) is 5.75 Å². The molecule has 130 valence electrons. The highest BCUT2D eigenvalue weighted by molar-refractivity contribution is 7.11.